The maximum Gasteiger partial charge on any atom is 0.251 e. The van der Waals surface area contributed by atoms with Gasteiger partial charge >= 0.3 is 0 Å². The predicted molar refractivity (Wildman–Crippen MR) is 108 cm³/mol. The minimum atomic E-state index is -3.87. The van der Waals surface area contributed by atoms with E-state index >= 15 is 0 Å². The van der Waals surface area contributed by atoms with Crippen molar-refractivity contribution in [2.24, 2.45) is 5.14 Å². The van der Waals surface area contributed by atoms with Crippen molar-refractivity contribution in [1.29, 1.82) is 0 Å². The predicted octanol–water partition coefficient (Wildman–Crippen LogP) is 3.18. The van der Waals surface area contributed by atoms with Crippen LogP contribution in [-0.4, -0.2) is 19.3 Å². The molecule has 1 amide bonds. The summed E-state index contributed by atoms with van der Waals surface area (Å²) in [6.45, 7) is 3.93. The fourth-order valence-electron chi connectivity index (χ4n) is 2.55. The lowest BCUT2D eigenvalue weighted by atomic mass is 10.1. The molecule has 3 rings (SSSR count). The molecule has 0 radical (unpaired) electrons. The van der Waals surface area contributed by atoms with E-state index in [2.05, 4.69) is 10.3 Å². The summed E-state index contributed by atoms with van der Waals surface area (Å²) >= 11 is 3.15. The summed E-state index contributed by atoms with van der Waals surface area (Å²) in [5.41, 5.74) is 2.28. The van der Waals surface area contributed by atoms with Gasteiger partial charge in [-0.2, -0.15) is 11.3 Å². The van der Waals surface area contributed by atoms with Crippen LogP contribution in [0.4, 0.5) is 0 Å². The third-order valence-corrected chi connectivity index (χ3v) is 6.92. The van der Waals surface area contributed by atoms with E-state index in [-0.39, 0.29) is 22.4 Å². The molecule has 0 bridgehead atoms. The molecule has 0 saturated carbocycles. The number of nitrogens with two attached hydrogens (primary N) is 1. The van der Waals surface area contributed by atoms with Crippen LogP contribution in [0.1, 0.15) is 37.5 Å². The first-order valence-electron chi connectivity index (χ1n) is 8.13. The zero-order chi connectivity index (χ0) is 19.6. The molecule has 0 fully saturated rings. The standard InChI is InChI=1S/C18H19N3O3S3/c1-11-12(2)26-18(20-11)16(8-13-6-7-25-10-13)21-17(22)14-4-3-5-15(9-14)27(19,23)24/h3-7,9-10,16H,8H2,1-2H3,(H,21,22)(H2,19,23,24). The van der Waals surface area contributed by atoms with Crippen molar-refractivity contribution in [3.05, 3.63) is 67.8 Å². The minimum absolute atomic E-state index is 0.0922. The molecule has 27 heavy (non-hydrogen) atoms. The van der Waals surface area contributed by atoms with E-state index in [0.717, 1.165) is 21.1 Å². The van der Waals surface area contributed by atoms with E-state index < -0.39 is 10.0 Å². The molecule has 1 atom stereocenters. The first-order chi connectivity index (χ1) is 12.7. The Morgan fingerprint density at radius 2 is 2.07 bits per heavy atom. The van der Waals surface area contributed by atoms with Crippen molar-refractivity contribution >= 4 is 38.6 Å². The average Bonchev–Trinajstić information content (AvgIpc) is 3.24. The Morgan fingerprint density at radius 1 is 1.30 bits per heavy atom. The number of rotatable bonds is 6. The normalized spacial score (nSPS) is 12.7. The van der Waals surface area contributed by atoms with Gasteiger partial charge in [0.15, 0.2) is 0 Å². The molecule has 0 saturated heterocycles. The number of carbonyl (C=O) groups is 1. The van der Waals surface area contributed by atoms with Crippen molar-refractivity contribution in [3.8, 4) is 0 Å². The minimum Gasteiger partial charge on any atom is -0.342 e. The Hall–Kier alpha value is -2.07. The number of carbonyl (C=O) groups excluding carboxylic acids is 1. The molecule has 1 aromatic carbocycles. The molecule has 0 aliphatic heterocycles. The third-order valence-electron chi connectivity index (χ3n) is 4.09. The molecule has 9 heteroatoms. The number of aromatic nitrogens is 1. The monoisotopic (exact) mass is 421 g/mol. The van der Waals surface area contributed by atoms with Crippen molar-refractivity contribution in [3.63, 3.8) is 0 Å². The zero-order valence-corrected chi connectivity index (χ0v) is 17.2. The fourth-order valence-corrected chi connectivity index (χ4v) is 4.76. The topological polar surface area (TPSA) is 102 Å². The van der Waals surface area contributed by atoms with Crippen molar-refractivity contribution in [1.82, 2.24) is 10.3 Å². The Labute approximate surface area is 166 Å². The van der Waals surface area contributed by atoms with Gasteiger partial charge in [0.2, 0.25) is 10.0 Å². The van der Waals surface area contributed by atoms with E-state index in [9.17, 15) is 13.2 Å². The molecule has 2 heterocycles. The van der Waals surface area contributed by atoms with Crippen molar-refractivity contribution < 1.29 is 13.2 Å². The lowest BCUT2D eigenvalue weighted by molar-refractivity contribution is 0.0936. The lowest BCUT2D eigenvalue weighted by Crippen LogP contribution is -2.30. The number of benzene rings is 1. The number of nitrogens with zero attached hydrogens (tertiary/aromatic N) is 1. The maximum absolute atomic E-state index is 12.8. The van der Waals surface area contributed by atoms with Crippen LogP contribution in [0.2, 0.25) is 0 Å². The van der Waals surface area contributed by atoms with Crippen LogP contribution in [0, 0.1) is 13.8 Å². The third kappa shape index (κ3) is 4.81. The van der Waals surface area contributed by atoms with Crippen LogP contribution in [-0.2, 0) is 16.4 Å². The van der Waals surface area contributed by atoms with Crippen LogP contribution in [0.15, 0.2) is 46.0 Å². The lowest BCUT2D eigenvalue weighted by Gasteiger charge is -2.16. The smallest absolute Gasteiger partial charge is 0.251 e. The SMILES string of the molecule is Cc1nc(C(Cc2ccsc2)NC(=O)c2cccc(S(N)(=O)=O)c2)sc1C. The number of hydrogen-bond acceptors (Lipinski definition) is 6. The van der Waals surface area contributed by atoms with Gasteiger partial charge in [-0.05, 0) is 54.4 Å². The summed E-state index contributed by atoms with van der Waals surface area (Å²) < 4.78 is 23.1. The van der Waals surface area contributed by atoms with E-state index in [1.54, 1.807) is 28.7 Å². The fraction of sp³-hybridized carbons (Fsp3) is 0.222. The van der Waals surface area contributed by atoms with Gasteiger partial charge in [-0.25, -0.2) is 18.5 Å². The first kappa shape index (κ1) is 19.7. The summed E-state index contributed by atoms with van der Waals surface area (Å²) in [5.74, 6) is -0.369. The van der Waals surface area contributed by atoms with Crippen LogP contribution >= 0.6 is 22.7 Å². The van der Waals surface area contributed by atoms with E-state index in [1.165, 1.54) is 18.2 Å². The number of hydrogen-bond donors (Lipinski definition) is 2. The largest absolute Gasteiger partial charge is 0.342 e. The highest BCUT2D eigenvalue weighted by Crippen LogP contribution is 2.27. The molecule has 0 aliphatic carbocycles. The molecule has 0 aliphatic rings. The van der Waals surface area contributed by atoms with E-state index in [0.29, 0.717) is 6.42 Å². The summed E-state index contributed by atoms with van der Waals surface area (Å²) in [7, 11) is -3.87. The highest BCUT2D eigenvalue weighted by Gasteiger charge is 2.21. The zero-order valence-electron chi connectivity index (χ0n) is 14.8. The van der Waals surface area contributed by atoms with Gasteiger partial charge in [0, 0.05) is 16.9 Å². The number of amides is 1. The molecule has 2 aromatic heterocycles. The van der Waals surface area contributed by atoms with Gasteiger partial charge in [-0.1, -0.05) is 6.07 Å². The van der Waals surface area contributed by atoms with E-state index in [1.807, 2.05) is 30.7 Å². The molecular weight excluding hydrogens is 402 g/mol. The Bertz CT molecular complexity index is 1040. The number of sulfonamides is 1. The number of primary sulfonamides is 1. The van der Waals surface area contributed by atoms with Crippen molar-refractivity contribution in [2.45, 2.75) is 31.2 Å². The van der Waals surface area contributed by atoms with Gasteiger partial charge in [0.25, 0.3) is 5.91 Å². The van der Waals surface area contributed by atoms with Gasteiger partial charge in [-0.3, -0.25) is 4.79 Å². The number of nitrogens with one attached hydrogen (secondary N) is 1. The van der Waals surface area contributed by atoms with Gasteiger partial charge < -0.3 is 5.32 Å². The second-order valence-electron chi connectivity index (χ2n) is 6.13. The summed E-state index contributed by atoms with van der Waals surface area (Å²) in [6, 6.07) is 7.42. The highest BCUT2D eigenvalue weighted by molar-refractivity contribution is 7.89. The van der Waals surface area contributed by atoms with Crippen molar-refractivity contribution in [2.75, 3.05) is 0 Å². The molecule has 6 nitrogen and oxygen atoms in total. The van der Waals surface area contributed by atoms with Crippen LogP contribution in [0.25, 0.3) is 0 Å². The summed E-state index contributed by atoms with van der Waals surface area (Å²) in [6.07, 6.45) is 0.608. The number of aryl methyl sites for hydroxylation is 2. The maximum atomic E-state index is 12.8. The Kier molecular flexibility index (Phi) is 5.75. The molecule has 142 valence electrons. The number of thiophene rings is 1. The van der Waals surface area contributed by atoms with E-state index in [4.69, 9.17) is 5.14 Å². The number of thiazole rings is 1. The van der Waals surface area contributed by atoms with Gasteiger partial charge in [-0.15, -0.1) is 11.3 Å². The molecule has 3 N–H and O–H groups in total. The van der Waals surface area contributed by atoms with Crippen LogP contribution in [0.5, 0.6) is 0 Å². The average molecular weight is 422 g/mol. The first-order valence-corrected chi connectivity index (χ1v) is 11.4. The second kappa shape index (κ2) is 7.89. The van der Waals surface area contributed by atoms with Crippen LogP contribution in [0.3, 0.4) is 0 Å². The molecule has 3 aromatic rings. The van der Waals surface area contributed by atoms with Gasteiger partial charge in [0.05, 0.1) is 16.6 Å². The molecule has 1 unspecified atom stereocenters. The molecule has 0 spiro atoms. The Balaban J connectivity index is 1.88. The second-order valence-corrected chi connectivity index (χ2v) is 9.70. The quantitative estimate of drug-likeness (QED) is 0.638. The summed E-state index contributed by atoms with van der Waals surface area (Å²) in [5, 5.41) is 13.0. The summed E-state index contributed by atoms with van der Waals surface area (Å²) in [4.78, 5) is 18.4. The van der Waals surface area contributed by atoms with Gasteiger partial charge in [0.1, 0.15) is 5.01 Å². The highest BCUT2D eigenvalue weighted by atomic mass is 32.2. The van der Waals surface area contributed by atoms with Crippen LogP contribution < -0.4 is 10.5 Å². The Morgan fingerprint density at radius 3 is 2.67 bits per heavy atom. The molecular formula is C18H19N3O3S3.